The van der Waals surface area contributed by atoms with Crippen LogP contribution >= 0.6 is 0 Å². The number of alkyl carbamates (subject to hydrolysis) is 1. The number of fused-ring (bicyclic) bond motifs is 3. The van der Waals surface area contributed by atoms with E-state index in [-0.39, 0.29) is 36.4 Å². The number of ether oxygens (including phenoxy) is 6. The van der Waals surface area contributed by atoms with Crippen molar-refractivity contribution in [3.05, 3.63) is 95.3 Å². The summed E-state index contributed by atoms with van der Waals surface area (Å²) in [6, 6.07) is 17.3. The number of hydrogen-bond acceptors (Lipinski definition) is 11. The van der Waals surface area contributed by atoms with Crippen LogP contribution in [-0.4, -0.2) is 84.4 Å². The normalized spacial score (nSPS) is 34.0. The molecule has 2 fully saturated rings. The Hall–Kier alpha value is -4.52. The van der Waals surface area contributed by atoms with E-state index in [1.807, 2.05) is 78.8 Å². The van der Waals surface area contributed by atoms with E-state index in [0.29, 0.717) is 17.6 Å². The minimum absolute atomic E-state index is 0.136. The molecule has 3 unspecified atom stereocenters. The lowest BCUT2D eigenvalue weighted by Gasteiger charge is -2.70. The number of hydrogen-bond donors (Lipinski definition) is 2. The zero-order valence-electron chi connectivity index (χ0n) is 39.9. The van der Waals surface area contributed by atoms with Gasteiger partial charge in [-0.05, 0) is 88.6 Å². The van der Waals surface area contributed by atoms with Crippen molar-refractivity contribution in [3.8, 4) is 0 Å². The smallest absolute Gasteiger partial charge is 0.408 e. The predicted octanol–water partition coefficient (Wildman–Crippen LogP) is 9.26. The van der Waals surface area contributed by atoms with Crippen LogP contribution < -0.4 is 5.32 Å². The second-order valence-corrected chi connectivity index (χ2v) is 19.5. The van der Waals surface area contributed by atoms with Gasteiger partial charge >= 0.3 is 18.0 Å². The molecule has 2 aromatic carbocycles. The van der Waals surface area contributed by atoms with Crippen LogP contribution in [0.2, 0.25) is 0 Å². The molecule has 2 N–H and O–H groups in total. The Morgan fingerprint density at radius 1 is 0.937 bits per heavy atom. The molecule has 2 aromatic rings. The zero-order chi connectivity index (χ0) is 47.1. The number of methoxy groups -OCH3 is 2. The highest BCUT2D eigenvalue weighted by Gasteiger charge is 2.80. The minimum Gasteiger partial charge on any atom is -0.491 e. The third-order valence-corrected chi connectivity index (χ3v) is 15.3. The van der Waals surface area contributed by atoms with Crippen LogP contribution in [0.1, 0.15) is 131 Å². The number of carbonyl (C=O) groups excluding carboxylic acids is 4. The summed E-state index contributed by atoms with van der Waals surface area (Å²) >= 11 is 0. The third kappa shape index (κ3) is 8.13. The molecular weight excluding hydrogens is 803 g/mol. The summed E-state index contributed by atoms with van der Waals surface area (Å²) in [4.78, 5) is 57.5. The van der Waals surface area contributed by atoms with Crippen molar-refractivity contribution in [3.63, 3.8) is 0 Å². The molecule has 0 heterocycles. The highest BCUT2D eigenvalue weighted by molar-refractivity contribution is 5.95. The second kappa shape index (κ2) is 18.2. The number of aliphatic hydroxyl groups is 1. The summed E-state index contributed by atoms with van der Waals surface area (Å²) in [6.45, 7) is 26.1. The zero-order valence-corrected chi connectivity index (χ0v) is 39.9. The molecule has 346 valence electrons. The van der Waals surface area contributed by atoms with Gasteiger partial charge in [0.25, 0.3) is 0 Å². The first-order valence-corrected chi connectivity index (χ1v) is 22.3. The Morgan fingerprint density at radius 3 is 2.03 bits per heavy atom. The number of ketones is 1. The number of benzene rings is 2. The van der Waals surface area contributed by atoms with E-state index >= 15 is 4.79 Å². The summed E-state index contributed by atoms with van der Waals surface area (Å²) in [7, 11) is 3.01. The van der Waals surface area contributed by atoms with Gasteiger partial charge in [0.2, 0.25) is 0 Å². The maximum atomic E-state index is 16.1. The van der Waals surface area contributed by atoms with Crippen LogP contribution in [0.5, 0.6) is 0 Å². The predicted molar refractivity (Wildman–Crippen MR) is 239 cm³/mol. The highest BCUT2D eigenvalue weighted by Crippen LogP contribution is 2.70. The number of esters is 2. The van der Waals surface area contributed by atoms with Gasteiger partial charge < -0.3 is 38.8 Å². The fourth-order valence-corrected chi connectivity index (χ4v) is 11.7. The highest BCUT2D eigenvalue weighted by atomic mass is 16.6. The molecular formula is C51H71NO11. The summed E-state index contributed by atoms with van der Waals surface area (Å²) in [5, 5.41) is 17.3. The monoisotopic (exact) mass is 874 g/mol. The largest absolute Gasteiger partial charge is 0.491 e. The van der Waals surface area contributed by atoms with E-state index in [9.17, 15) is 19.5 Å². The van der Waals surface area contributed by atoms with Crippen molar-refractivity contribution >= 4 is 23.8 Å². The Balaban J connectivity index is 1.80. The number of amides is 1. The van der Waals surface area contributed by atoms with Gasteiger partial charge in [0.1, 0.15) is 35.1 Å². The van der Waals surface area contributed by atoms with E-state index in [0.717, 1.165) is 5.56 Å². The Kier molecular flexibility index (Phi) is 14.3. The van der Waals surface area contributed by atoms with Gasteiger partial charge in [-0.2, -0.15) is 0 Å². The molecule has 1 amide bonds. The maximum Gasteiger partial charge on any atom is 0.408 e. The van der Waals surface area contributed by atoms with E-state index in [4.69, 9.17) is 28.4 Å². The number of rotatable bonds is 13. The average molecular weight is 874 g/mol. The summed E-state index contributed by atoms with van der Waals surface area (Å²) in [5.74, 6) is -2.40. The molecule has 0 aliphatic heterocycles. The molecule has 0 radical (unpaired) electrons. The lowest BCUT2D eigenvalue weighted by atomic mass is 9.37. The fourth-order valence-electron chi connectivity index (χ4n) is 11.7. The van der Waals surface area contributed by atoms with Gasteiger partial charge in [0.05, 0.1) is 34.3 Å². The molecule has 0 spiro atoms. The minimum atomic E-state index is -2.04. The van der Waals surface area contributed by atoms with Crippen LogP contribution in [0.4, 0.5) is 4.79 Å². The van der Waals surface area contributed by atoms with Crippen LogP contribution in [-0.2, 0) is 38.0 Å². The lowest BCUT2D eigenvalue weighted by Crippen LogP contribution is -2.81. The van der Waals surface area contributed by atoms with Crippen molar-refractivity contribution < 1.29 is 52.7 Å². The Morgan fingerprint density at radius 2 is 1.52 bits per heavy atom. The molecule has 12 atom stereocenters. The molecule has 2 saturated carbocycles. The van der Waals surface area contributed by atoms with Crippen LogP contribution in [0, 0.1) is 28.1 Å². The fraction of sp³-hybridized carbons (Fsp3) is 0.608. The van der Waals surface area contributed by atoms with E-state index in [1.165, 1.54) is 14.0 Å². The Labute approximate surface area is 374 Å². The molecule has 12 heteroatoms. The number of carbonyl (C=O) groups is 4. The van der Waals surface area contributed by atoms with E-state index < -0.39 is 93.4 Å². The lowest BCUT2D eigenvalue weighted by molar-refractivity contribution is -0.318. The number of Topliss-reactive ketones (excluding diaryl/α,β-unsaturated/α-hetero) is 1. The third-order valence-electron chi connectivity index (χ3n) is 15.3. The van der Waals surface area contributed by atoms with Gasteiger partial charge in [0, 0.05) is 38.9 Å². The first kappa shape index (κ1) is 49.5. The average Bonchev–Trinajstić information content (AvgIpc) is 3.24. The van der Waals surface area contributed by atoms with E-state index in [2.05, 4.69) is 11.9 Å². The molecule has 0 saturated heterocycles. The van der Waals surface area contributed by atoms with Gasteiger partial charge in [-0.25, -0.2) is 9.59 Å². The van der Waals surface area contributed by atoms with Crippen LogP contribution in [0.25, 0.3) is 0 Å². The van der Waals surface area contributed by atoms with Gasteiger partial charge in [-0.3, -0.25) is 9.59 Å². The van der Waals surface area contributed by atoms with Crippen LogP contribution in [0.15, 0.2) is 84.1 Å². The van der Waals surface area contributed by atoms with Crippen molar-refractivity contribution in [2.45, 2.75) is 156 Å². The molecule has 3 aliphatic rings. The first-order valence-electron chi connectivity index (χ1n) is 22.3. The standard InChI is InChI=1S/C51H71NO11/c1-16-47(11)39-32(5)37(60-33(6)31(4)40(35-24-20-18-21-25-35)52-45(56)63-46(8,9)10)29-50(47,57)44(61-43(55)36-26-22-19-23-27-36)49(13)48(12,42(54)41(39)59-15)38(58-14)28-30(3)51(49,17-2)62-34(7)53/h18-27,30-31,37-38,40-41,44,57H,6,16-17,28-29H2,1-5,7-15H3,(H,52,56)/t30-,31+,37+,38?,40?,41?,44+,47+,48+,49+,50-,51+/m1/s1. The van der Waals surface area contributed by atoms with Crippen molar-refractivity contribution in [1.82, 2.24) is 5.32 Å². The molecule has 3 aliphatic carbocycles. The summed E-state index contributed by atoms with van der Waals surface area (Å²) in [6.07, 6.45) is -4.44. The van der Waals surface area contributed by atoms with Crippen LogP contribution in [0.3, 0.4) is 0 Å². The van der Waals surface area contributed by atoms with Crippen molar-refractivity contribution in [1.29, 1.82) is 0 Å². The van der Waals surface area contributed by atoms with Crippen molar-refractivity contribution in [2.75, 3.05) is 14.2 Å². The van der Waals surface area contributed by atoms with Gasteiger partial charge in [-0.15, -0.1) is 0 Å². The van der Waals surface area contributed by atoms with Crippen molar-refractivity contribution in [2.24, 2.45) is 28.1 Å². The van der Waals surface area contributed by atoms with E-state index in [1.54, 1.807) is 65.1 Å². The summed E-state index contributed by atoms with van der Waals surface area (Å²) < 4.78 is 38.6. The second-order valence-electron chi connectivity index (χ2n) is 19.5. The molecule has 12 nitrogen and oxygen atoms in total. The quantitative estimate of drug-likeness (QED) is 0.0856. The van der Waals surface area contributed by atoms with Gasteiger partial charge in [-0.1, -0.05) is 96.7 Å². The molecule has 5 rings (SSSR count). The summed E-state index contributed by atoms with van der Waals surface area (Å²) in [5.41, 5.74) is -6.68. The molecule has 2 bridgehead atoms. The SMILES string of the molecule is C=C(O[C@H]1C[C@@]2(O)[C@@H](OC(=O)c3ccccc3)[C@]3(C)[C@@](CC)(OC(C)=O)[C@H](C)CC(OC)[C@@]3(C)C(=O)C(OC)C(=C1C)[C@]2(C)CC)[C@H](C)C(NC(=O)OC(C)(C)C)c1ccccc1. The number of nitrogens with one attached hydrogen (secondary N) is 1. The molecule has 0 aromatic heterocycles. The Bertz CT molecular complexity index is 2060. The first-order chi connectivity index (χ1) is 29.4. The maximum absolute atomic E-state index is 16.1. The topological polar surface area (TPSA) is 156 Å². The molecule has 63 heavy (non-hydrogen) atoms. The van der Waals surface area contributed by atoms with Gasteiger partial charge in [0.15, 0.2) is 5.78 Å².